The Morgan fingerprint density at radius 2 is 1.18 bits per heavy atom. The van der Waals surface area contributed by atoms with Crippen molar-refractivity contribution in [3.8, 4) is 22.3 Å². The zero-order valence-corrected chi connectivity index (χ0v) is 21.4. The lowest BCUT2D eigenvalue weighted by atomic mass is 9.79. The molecule has 0 atom stereocenters. The van der Waals surface area contributed by atoms with Crippen LogP contribution in [-0.2, 0) is 5.41 Å². The number of halogens is 1. The lowest BCUT2D eigenvalue weighted by molar-refractivity contribution is 0.667. The fraction of sp³-hybridized carbons (Fsp3) is 0.0909. The molecule has 0 heterocycles. The maximum Gasteiger partial charge on any atom is 0.0165 e. The molecular formula is C33H23I. The van der Waals surface area contributed by atoms with Crippen LogP contribution in [0.3, 0.4) is 0 Å². The van der Waals surface area contributed by atoms with Gasteiger partial charge in [-0.25, -0.2) is 0 Å². The molecule has 0 spiro atoms. The fourth-order valence-corrected chi connectivity index (χ4v) is 6.58. The normalized spacial score (nSPS) is 14.0. The third-order valence-corrected chi connectivity index (χ3v) is 8.33. The van der Waals surface area contributed by atoms with E-state index in [1.54, 1.807) is 0 Å². The monoisotopic (exact) mass is 546 g/mol. The molecular weight excluding hydrogens is 523 g/mol. The maximum absolute atomic E-state index is 2.44. The first-order chi connectivity index (χ1) is 16.5. The lowest BCUT2D eigenvalue weighted by Crippen LogP contribution is -2.15. The predicted molar refractivity (Wildman–Crippen MR) is 155 cm³/mol. The second kappa shape index (κ2) is 7.16. The Balaban J connectivity index is 1.51. The van der Waals surface area contributed by atoms with Gasteiger partial charge in [0.05, 0.1) is 0 Å². The Labute approximate surface area is 213 Å². The molecule has 1 heteroatoms. The summed E-state index contributed by atoms with van der Waals surface area (Å²) >= 11 is 2.40. The Morgan fingerprint density at radius 1 is 0.559 bits per heavy atom. The van der Waals surface area contributed by atoms with Gasteiger partial charge >= 0.3 is 0 Å². The van der Waals surface area contributed by atoms with Crippen molar-refractivity contribution in [3.05, 3.63) is 118 Å². The summed E-state index contributed by atoms with van der Waals surface area (Å²) in [5.74, 6) is 0. The molecule has 0 bridgehead atoms. The van der Waals surface area contributed by atoms with Gasteiger partial charge in [0.25, 0.3) is 0 Å². The predicted octanol–water partition coefficient (Wildman–Crippen LogP) is 9.72. The van der Waals surface area contributed by atoms with Crippen LogP contribution in [0.2, 0.25) is 0 Å². The van der Waals surface area contributed by atoms with E-state index in [2.05, 4.69) is 140 Å². The van der Waals surface area contributed by atoms with Crippen LogP contribution in [0.4, 0.5) is 0 Å². The van der Waals surface area contributed by atoms with Crippen LogP contribution in [-0.4, -0.2) is 0 Å². The number of hydrogen-bond acceptors (Lipinski definition) is 0. The first-order valence-corrected chi connectivity index (χ1v) is 12.9. The second-order valence-corrected chi connectivity index (χ2v) is 11.2. The number of benzene rings is 6. The zero-order valence-electron chi connectivity index (χ0n) is 19.2. The summed E-state index contributed by atoms with van der Waals surface area (Å²) in [5.41, 5.74) is 8.16. The first kappa shape index (κ1) is 20.2. The highest BCUT2D eigenvalue weighted by atomic mass is 127. The van der Waals surface area contributed by atoms with Crippen molar-refractivity contribution in [3.63, 3.8) is 0 Å². The van der Waals surface area contributed by atoms with Crippen molar-refractivity contribution < 1.29 is 0 Å². The van der Waals surface area contributed by atoms with Crippen LogP contribution in [0.5, 0.6) is 0 Å². The molecule has 1 aliphatic rings. The molecule has 0 fully saturated rings. The molecule has 1 aliphatic carbocycles. The van der Waals surface area contributed by atoms with Gasteiger partial charge in [-0.1, -0.05) is 92.7 Å². The van der Waals surface area contributed by atoms with Crippen LogP contribution >= 0.6 is 22.6 Å². The minimum Gasteiger partial charge on any atom is -0.0616 e. The second-order valence-electron chi connectivity index (χ2n) is 9.93. The molecule has 7 rings (SSSR count). The Morgan fingerprint density at radius 3 is 1.97 bits per heavy atom. The van der Waals surface area contributed by atoms with E-state index in [1.807, 2.05) is 0 Å². The molecule has 0 aromatic heterocycles. The van der Waals surface area contributed by atoms with Crippen molar-refractivity contribution in [1.29, 1.82) is 0 Å². The van der Waals surface area contributed by atoms with Gasteiger partial charge in [0.1, 0.15) is 0 Å². The molecule has 0 aliphatic heterocycles. The lowest BCUT2D eigenvalue weighted by Gasteiger charge is -2.24. The topological polar surface area (TPSA) is 0 Å². The zero-order chi connectivity index (χ0) is 23.0. The highest BCUT2D eigenvalue weighted by molar-refractivity contribution is 14.1. The van der Waals surface area contributed by atoms with E-state index >= 15 is 0 Å². The van der Waals surface area contributed by atoms with Crippen molar-refractivity contribution in [2.75, 3.05) is 0 Å². The summed E-state index contributed by atoms with van der Waals surface area (Å²) in [6.07, 6.45) is 0. The van der Waals surface area contributed by atoms with Crippen molar-refractivity contribution in [2.24, 2.45) is 0 Å². The summed E-state index contributed by atoms with van der Waals surface area (Å²) < 4.78 is 1.27. The first-order valence-electron chi connectivity index (χ1n) is 11.8. The smallest absolute Gasteiger partial charge is 0.0165 e. The van der Waals surface area contributed by atoms with E-state index in [4.69, 9.17) is 0 Å². The molecule has 34 heavy (non-hydrogen) atoms. The third kappa shape index (κ3) is 2.77. The minimum absolute atomic E-state index is 0.0729. The van der Waals surface area contributed by atoms with Gasteiger partial charge in [-0.2, -0.15) is 0 Å². The van der Waals surface area contributed by atoms with Crippen molar-refractivity contribution in [1.82, 2.24) is 0 Å². The van der Waals surface area contributed by atoms with Crippen LogP contribution < -0.4 is 0 Å². The minimum atomic E-state index is -0.0729. The van der Waals surface area contributed by atoms with E-state index in [0.29, 0.717) is 0 Å². The molecule has 0 saturated heterocycles. The van der Waals surface area contributed by atoms with Crippen molar-refractivity contribution >= 4 is 54.9 Å². The average Bonchev–Trinajstić information content (AvgIpc) is 3.10. The summed E-state index contributed by atoms with van der Waals surface area (Å²) in [6, 6.07) is 38.4. The molecule has 0 amide bonds. The molecule has 162 valence electrons. The molecule has 6 aromatic carbocycles. The van der Waals surface area contributed by atoms with Gasteiger partial charge in [-0.15, -0.1) is 0 Å². The van der Waals surface area contributed by atoms with Crippen LogP contribution in [0.15, 0.2) is 103 Å². The largest absolute Gasteiger partial charge is 0.0616 e. The van der Waals surface area contributed by atoms with Gasteiger partial charge < -0.3 is 0 Å². The van der Waals surface area contributed by atoms with Gasteiger partial charge in [0, 0.05) is 8.99 Å². The summed E-state index contributed by atoms with van der Waals surface area (Å²) in [4.78, 5) is 0. The van der Waals surface area contributed by atoms with Gasteiger partial charge in [-0.05, 0) is 113 Å². The SMILES string of the molecule is CC1(C)c2cc(-c3ccc4ccc(I)cc4c3)ccc2-c2c1c1ccccc1c1ccccc21. The molecule has 6 aromatic rings. The fourth-order valence-electron chi connectivity index (χ4n) is 6.06. The quantitative estimate of drug-likeness (QED) is 0.142. The van der Waals surface area contributed by atoms with Gasteiger partial charge in [0.15, 0.2) is 0 Å². The van der Waals surface area contributed by atoms with Crippen LogP contribution in [0, 0.1) is 3.57 Å². The van der Waals surface area contributed by atoms with E-state index in [0.717, 1.165) is 0 Å². The average molecular weight is 546 g/mol. The van der Waals surface area contributed by atoms with E-state index in [9.17, 15) is 0 Å². The highest BCUT2D eigenvalue weighted by Gasteiger charge is 2.38. The molecule has 0 nitrogen and oxygen atoms in total. The number of rotatable bonds is 1. The van der Waals surface area contributed by atoms with Crippen LogP contribution in [0.1, 0.15) is 25.0 Å². The molecule has 0 unspecified atom stereocenters. The Hall–Kier alpha value is -3.17. The Bertz CT molecular complexity index is 1790. The Kier molecular flexibility index (Phi) is 4.26. The van der Waals surface area contributed by atoms with E-state index < -0.39 is 0 Å². The summed E-state index contributed by atoms with van der Waals surface area (Å²) in [5, 5.41) is 8.01. The van der Waals surface area contributed by atoms with Gasteiger partial charge in [-0.3, -0.25) is 0 Å². The molecule has 0 saturated carbocycles. The highest BCUT2D eigenvalue weighted by Crippen LogP contribution is 2.55. The third-order valence-electron chi connectivity index (χ3n) is 7.66. The van der Waals surface area contributed by atoms with Crippen LogP contribution in [0.25, 0.3) is 54.6 Å². The van der Waals surface area contributed by atoms with Gasteiger partial charge in [0.2, 0.25) is 0 Å². The number of fused-ring (bicyclic) bond motifs is 9. The standard InChI is InChI=1S/C33H23I/c1-33(2)30-19-22(21-12-11-20-13-15-24(34)18-23(20)17-21)14-16-29(30)31-27-9-5-3-7-25(27)26-8-4-6-10-28(26)32(31)33/h3-19H,1-2H3. The molecule has 0 radical (unpaired) electrons. The summed E-state index contributed by atoms with van der Waals surface area (Å²) in [7, 11) is 0. The number of hydrogen-bond donors (Lipinski definition) is 0. The van der Waals surface area contributed by atoms with Crippen molar-refractivity contribution in [2.45, 2.75) is 19.3 Å². The molecule has 0 N–H and O–H groups in total. The summed E-state index contributed by atoms with van der Waals surface area (Å²) in [6.45, 7) is 4.79. The van der Waals surface area contributed by atoms with E-state index in [-0.39, 0.29) is 5.41 Å². The van der Waals surface area contributed by atoms with E-state index in [1.165, 1.54) is 69.3 Å². The maximum atomic E-state index is 2.44.